The van der Waals surface area contributed by atoms with Crippen molar-refractivity contribution < 1.29 is 4.74 Å². The summed E-state index contributed by atoms with van der Waals surface area (Å²) in [6.45, 7) is 4.78. The Morgan fingerprint density at radius 2 is 2.00 bits per heavy atom. The van der Waals surface area contributed by atoms with Crippen LogP contribution in [0, 0.1) is 13.8 Å². The lowest BCUT2D eigenvalue weighted by Gasteiger charge is -2.17. The molecule has 1 aliphatic rings. The lowest BCUT2D eigenvalue weighted by atomic mass is 10.1. The van der Waals surface area contributed by atoms with Crippen LogP contribution < -0.4 is 4.74 Å². The second-order valence-corrected chi connectivity index (χ2v) is 5.06. The van der Waals surface area contributed by atoms with Gasteiger partial charge < -0.3 is 4.74 Å². The molecule has 0 spiro atoms. The number of hydrogen-bond acceptors (Lipinski definition) is 2. The first kappa shape index (κ1) is 10.6. The van der Waals surface area contributed by atoms with E-state index >= 15 is 0 Å². The molecule has 3 nitrogen and oxygen atoms in total. The van der Waals surface area contributed by atoms with E-state index in [1.807, 2.05) is 18.2 Å². The highest BCUT2D eigenvalue weighted by molar-refractivity contribution is 5.74. The van der Waals surface area contributed by atoms with Crippen LogP contribution in [0.15, 0.2) is 36.4 Å². The van der Waals surface area contributed by atoms with E-state index in [1.54, 1.807) is 0 Å². The van der Waals surface area contributed by atoms with Crippen LogP contribution in [0.1, 0.15) is 17.0 Å². The van der Waals surface area contributed by atoms with Crippen LogP contribution in [0.3, 0.4) is 0 Å². The molecule has 0 atom stereocenters. The maximum atomic E-state index is 5.77. The topological polar surface area (TPSA) is 26.5 Å². The summed E-state index contributed by atoms with van der Waals surface area (Å²) in [4.78, 5) is 4.71. The number of rotatable bonds is 0. The van der Waals surface area contributed by atoms with Gasteiger partial charge in [0, 0.05) is 11.3 Å². The fourth-order valence-corrected chi connectivity index (χ4v) is 2.89. The van der Waals surface area contributed by atoms with Gasteiger partial charge in [-0.2, -0.15) is 0 Å². The average molecular weight is 250 g/mol. The zero-order valence-corrected chi connectivity index (χ0v) is 11.0. The lowest BCUT2D eigenvalue weighted by molar-refractivity contribution is 0.298. The van der Waals surface area contributed by atoms with E-state index in [2.05, 4.69) is 36.4 Å². The van der Waals surface area contributed by atoms with E-state index in [0.29, 0.717) is 6.61 Å². The van der Waals surface area contributed by atoms with Crippen molar-refractivity contribution in [3.05, 3.63) is 53.3 Å². The Labute approximate surface area is 111 Å². The maximum Gasteiger partial charge on any atom is 0.138 e. The largest absolute Gasteiger partial charge is 0.487 e. The van der Waals surface area contributed by atoms with Gasteiger partial charge in [0.25, 0.3) is 0 Å². The monoisotopic (exact) mass is 250 g/mol. The Kier molecular flexibility index (Phi) is 2.01. The Morgan fingerprint density at radius 3 is 2.89 bits per heavy atom. The SMILES string of the molecule is Cc1cc(C)n2c3c(nc2c1)COc1ccccc1-3. The molecule has 3 heterocycles. The summed E-state index contributed by atoms with van der Waals surface area (Å²) in [6, 6.07) is 12.5. The zero-order chi connectivity index (χ0) is 13.0. The minimum absolute atomic E-state index is 0.548. The van der Waals surface area contributed by atoms with Crippen LogP contribution in [0.2, 0.25) is 0 Å². The molecule has 0 fully saturated rings. The average Bonchev–Trinajstić information content (AvgIpc) is 2.77. The normalized spacial score (nSPS) is 12.9. The van der Waals surface area contributed by atoms with Gasteiger partial charge in [-0.05, 0) is 43.7 Å². The van der Waals surface area contributed by atoms with Gasteiger partial charge in [-0.15, -0.1) is 0 Å². The molecule has 2 aromatic heterocycles. The van der Waals surface area contributed by atoms with E-state index in [4.69, 9.17) is 9.72 Å². The van der Waals surface area contributed by atoms with Gasteiger partial charge in [-0.3, -0.25) is 4.40 Å². The standard InChI is InChI=1S/C16H14N2O/c1-10-7-11(2)18-15(8-10)17-13-9-19-14-6-4-3-5-12(14)16(13)18/h3-8H,9H2,1-2H3. The molecule has 1 aromatic carbocycles. The molecule has 0 amide bonds. The number of benzene rings is 1. The number of pyridine rings is 1. The molecule has 0 aliphatic carbocycles. The minimum Gasteiger partial charge on any atom is -0.487 e. The first-order chi connectivity index (χ1) is 9.24. The van der Waals surface area contributed by atoms with E-state index in [1.165, 1.54) is 17.0 Å². The maximum absolute atomic E-state index is 5.77. The van der Waals surface area contributed by atoms with Crippen LogP contribution >= 0.6 is 0 Å². The first-order valence-corrected chi connectivity index (χ1v) is 6.45. The van der Waals surface area contributed by atoms with E-state index in [-0.39, 0.29) is 0 Å². The number of aryl methyl sites for hydroxylation is 2. The molecule has 0 bridgehead atoms. The number of fused-ring (bicyclic) bond motifs is 5. The molecule has 0 saturated carbocycles. The fraction of sp³-hybridized carbons (Fsp3) is 0.188. The van der Waals surface area contributed by atoms with E-state index < -0.39 is 0 Å². The highest BCUT2D eigenvalue weighted by atomic mass is 16.5. The summed E-state index contributed by atoms with van der Waals surface area (Å²) in [5.74, 6) is 0.941. The molecule has 1 aliphatic heterocycles. The predicted octanol–water partition coefficient (Wildman–Crippen LogP) is 3.51. The van der Waals surface area contributed by atoms with Gasteiger partial charge in [0.1, 0.15) is 23.7 Å². The number of nitrogens with zero attached hydrogens (tertiary/aromatic N) is 2. The third-order valence-corrected chi connectivity index (χ3v) is 3.63. The Hall–Kier alpha value is -2.29. The molecule has 4 rings (SSSR count). The van der Waals surface area contributed by atoms with Gasteiger partial charge in [-0.25, -0.2) is 4.98 Å². The van der Waals surface area contributed by atoms with Crippen molar-refractivity contribution in [2.24, 2.45) is 0 Å². The second kappa shape index (κ2) is 3.60. The van der Waals surface area contributed by atoms with Crippen molar-refractivity contribution >= 4 is 5.65 Å². The van der Waals surface area contributed by atoms with Gasteiger partial charge >= 0.3 is 0 Å². The quantitative estimate of drug-likeness (QED) is 0.610. The van der Waals surface area contributed by atoms with Crippen molar-refractivity contribution in [1.82, 2.24) is 9.38 Å². The molecule has 0 N–H and O–H groups in total. The van der Waals surface area contributed by atoms with Crippen molar-refractivity contribution in [3.8, 4) is 17.0 Å². The molecule has 0 radical (unpaired) electrons. The molecule has 0 unspecified atom stereocenters. The van der Waals surface area contributed by atoms with Gasteiger partial charge in [0.15, 0.2) is 0 Å². The Bertz CT molecular complexity index is 802. The highest BCUT2D eigenvalue weighted by Gasteiger charge is 2.23. The molecule has 19 heavy (non-hydrogen) atoms. The summed E-state index contributed by atoms with van der Waals surface area (Å²) >= 11 is 0. The summed E-state index contributed by atoms with van der Waals surface area (Å²) in [5.41, 5.74) is 6.77. The number of imidazole rings is 1. The van der Waals surface area contributed by atoms with Crippen LogP contribution in [-0.2, 0) is 6.61 Å². The minimum atomic E-state index is 0.548. The fourth-order valence-electron chi connectivity index (χ4n) is 2.89. The molecule has 0 saturated heterocycles. The molecular weight excluding hydrogens is 236 g/mol. The Balaban J connectivity index is 2.15. The molecule has 3 heteroatoms. The van der Waals surface area contributed by atoms with Gasteiger partial charge in [0.2, 0.25) is 0 Å². The molecule has 94 valence electrons. The van der Waals surface area contributed by atoms with Crippen molar-refractivity contribution in [2.75, 3.05) is 0 Å². The molecule has 3 aromatic rings. The number of ether oxygens (including phenoxy) is 1. The van der Waals surface area contributed by atoms with Crippen molar-refractivity contribution in [2.45, 2.75) is 20.5 Å². The highest BCUT2D eigenvalue weighted by Crippen LogP contribution is 2.38. The van der Waals surface area contributed by atoms with E-state index in [0.717, 1.165) is 22.7 Å². The number of aromatic nitrogens is 2. The lowest BCUT2D eigenvalue weighted by Crippen LogP contribution is -2.06. The van der Waals surface area contributed by atoms with Crippen LogP contribution in [0.4, 0.5) is 0 Å². The van der Waals surface area contributed by atoms with Gasteiger partial charge in [-0.1, -0.05) is 12.1 Å². The van der Waals surface area contributed by atoms with Crippen LogP contribution in [0.25, 0.3) is 16.9 Å². The molecular formula is C16H14N2O. The zero-order valence-electron chi connectivity index (χ0n) is 11.0. The first-order valence-electron chi connectivity index (χ1n) is 6.45. The number of para-hydroxylation sites is 1. The van der Waals surface area contributed by atoms with Crippen LogP contribution in [0.5, 0.6) is 5.75 Å². The summed E-state index contributed by atoms with van der Waals surface area (Å²) in [5, 5.41) is 0. The van der Waals surface area contributed by atoms with Crippen LogP contribution in [-0.4, -0.2) is 9.38 Å². The Morgan fingerprint density at radius 1 is 1.16 bits per heavy atom. The summed E-state index contributed by atoms with van der Waals surface area (Å²) < 4.78 is 8.00. The third-order valence-electron chi connectivity index (χ3n) is 3.63. The van der Waals surface area contributed by atoms with Crippen molar-refractivity contribution in [3.63, 3.8) is 0 Å². The van der Waals surface area contributed by atoms with E-state index in [9.17, 15) is 0 Å². The van der Waals surface area contributed by atoms with Crippen molar-refractivity contribution in [1.29, 1.82) is 0 Å². The second-order valence-electron chi connectivity index (χ2n) is 5.06. The number of hydrogen-bond donors (Lipinski definition) is 0. The predicted molar refractivity (Wildman–Crippen MR) is 74.4 cm³/mol. The summed E-state index contributed by atoms with van der Waals surface area (Å²) in [6.07, 6.45) is 0. The van der Waals surface area contributed by atoms with Gasteiger partial charge in [0.05, 0.1) is 5.69 Å². The third kappa shape index (κ3) is 1.41. The summed E-state index contributed by atoms with van der Waals surface area (Å²) in [7, 11) is 0. The smallest absolute Gasteiger partial charge is 0.138 e.